The Kier molecular flexibility index (Phi) is 6.10. The topological polar surface area (TPSA) is 115 Å². The number of nitrogens with two attached hydrogens (primary N) is 1. The number of benzene rings is 1. The summed E-state index contributed by atoms with van der Waals surface area (Å²) in [4.78, 5) is 31.8. The Balaban J connectivity index is 1.38. The molecule has 1 saturated heterocycles. The summed E-state index contributed by atoms with van der Waals surface area (Å²) >= 11 is 2.77. The molecule has 5 rings (SSSR count). The molecule has 0 bridgehead atoms. The first-order chi connectivity index (χ1) is 16.1. The summed E-state index contributed by atoms with van der Waals surface area (Å²) in [6.45, 7) is 0.538. The molecule has 0 aliphatic carbocycles. The Morgan fingerprint density at radius 3 is 2.88 bits per heavy atom. The van der Waals surface area contributed by atoms with Crippen molar-refractivity contribution in [2.75, 3.05) is 12.3 Å². The van der Waals surface area contributed by atoms with E-state index >= 15 is 0 Å². The normalized spacial score (nSPS) is 16.2. The molecular formula is C23H21N5O3S2. The van der Waals surface area contributed by atoms with Gasteiger partial charge in [-0.2, -0.15) is 0 Å². The minimum absolute atomic E-state index is 0.100. The second-order valence-electron chi connectivity index (χ2n) is 7.71. The van der Waals surface area contributed by atoms with Crippen LogP contribution in [0.4, 0.5) is 0 Å². The lowest BCUT2D eigenvalue weighted by atomic mass is 10.0. The number of aromatic nitrogens is 3. The number of rotatable bonds is 6. The lowest BCUT2D eigenvalue weighted by Crippen LogP contribution is -2.51. The lowest BCUT2D eigenvalue weighted by molar-refractivity contribution is -0.138. The average molecular weight is 480 g/mol. The van der Waals surface area contributed by atoms with Crippen LogP contribution in [0.1, 0.15) is 19.3 Å². The molecular weight excluding hydrogens is 458 g/mol. The van der Waals surface area contributed by atoms with Gasteiger partial charge in [-0.15, -0.1) is 21.5 Å². The van der Waals surface area contributed by atoms with Gasteiger partial charge in [0.1, 0.15) is 6.04 Å². The van der Waals surface area contributed by atoms with Crippen LogP contribution in [0.15, 0.2) is 57.5 Å². The van der Waals surface area contributed by atoms with E-state index in [1.54, 1.807) is 16.2 Å². The third kappa shape index (κ3) is 4.49. The molecule has 0 saturated carbocycles. The molecule has 1 fully saturated rings. The van der Waals surface area contributed by atoms with Gasteiger partial charge in [-0.1, -0.05) is 36.0 Å². The van der Waals surface area contributed by atoms with Crippen LogP contribution in [0.5, 0.6) is 0 Å². The summed E-state index contributed by atoms with van der Waals surface area (Å²) in [7, 11) is 0. The average Bonchev–Trinajstić information content (AvgIpc) is 3.54. The van der Waals surface area contributed by atoms with E-state index in [2.05, 4.69) is 10.2 Å². The Morgan fingerprint density at radius 2 is 2.06 bits per heavy atom. The first kappa shape index (κ1) is 21.6. The number of hydrogen-bond acceptors (Lipinski definition) is 8. The molecule has 1 aromatic carbocycles. The maximum absolute atomic E-state index is 12.7. The highest BCUT2D eigenvalue weighted by Crippen LogP contribution is 2.34. The van der Waals surface area contributed by atoms with Crippen molar-refractivity contribution in [1.82, 2.24) is 20.1 Å². The second kappa shape index (κ2) is 9.32. The molecule has 0 spiro atoms. The van der Waals surface area contributed by atoms with Gasteiger partial charge in [0, 0.05) is 11.9 Å². The van der Waals surface area contributed by atoms with Crippen LogP contribution >= 0.6 is 23.1 Å². The first-order valence-corrected chi connectivity index (χ1v) is 12.5. The Labute approximate surface area is 198 Å². The van der Waals surface area contributed by atoms with E-state index in [-0.39, 0.29) is 11.7 Å². The van der Waals surface area contributed by atoms with E-state index in [0.717, 1.165) is 51.6 Å². The molecule has 1 atom stereocenters. The van der Waals surface area contributed by atoms with E-state index in [1.807, 2.05) is 47.8 Å². The Bertz CT molecular complexity index is 1300. The summed E-state index contributed by atoms with van der Waals surface area (Å²) < 4.78 is 5.92. The number of para-hydroxylation sites is 1. The smallest absolute Gasteiger partial charge is 0.277 e. The zero-order valence-corrected chi connectivity index (χ0v) is 19.3. The summed E-state index contributed by atoms with van der Waals surface area (Å²) in [6, 6.07) is 13.2. The van der Waals surface area contributed by atoms with Crippen molar-refractivity contribution in [2.24, 2.45) is 5.73 Å². The van der Waals surface area contributed by atoms with Gasteiger partial charge in [0.15, 0.2) is 0 Å². The zero-order valence-electron chi connectivity index (χ0n) is 17.6. The van der Waals surface area contributed by atoms with Crippen LogP contribution in [-0.2, 0) is 9.59 Å². The molecule has 1 aliphatic heterocycles. The lowest BCUT2D eigenvalue weighted by Gasteiger charge is -2.33. The fourth-order valence-corrected chi connectivity index (χ4v) is 5.35. The zero-order chi connectivity index (χ0) is 22.8. The van der Waals surface area contributed by atoms with Gasteiger partial charge >= 0.3 is 0 Å². The molecule has 3 aromatic heterocycles. The third-order valence-electron chi connectivity index (χ3n) is 5.60. The predicted octanol–water partition coefficient (Wildman–Crippen LogP) is 3.97. The van der Waals surface area contributed by atoms with E-state index < -0.39 is 11.9 Å². The van der Waals surface area contributed by atoms with Crippen molar-refractivity contribution >= 4 is 45.8 Å². The van der Waals surface area contributed by atoms with Gasteiger partial charge in [0.25, 0.3) is 5.22 Å². The van der Waals surface area contributed by atoms with Crippen molar-refractivity contribution in [3.8, 4) is 22.0 Å². The number of primary amides is 1. The van der Waals surface area contributed by atoms with Gasteiger partial charge in [-0.05, 0) is 42.8 Å². The predicted molar refractivity (Wildman–Crippen MR) is 128 cm³/mol. The number of piperidine rings is 1. The van der Waals surface area contributed by atoms with Crippen LogP contribution in [0.2, 0.25) is 0 Å². The van der Waals surface area contributed by atoms with Crippen LogP contribution in [0.3, 0.4) is 0 Å². The largest absolute Gasteiger partial charge is 0.411 e. The summed E-state index contributed by atoms with van der Waals surface area (Å²) in [6.07, 6.45) is 2.37. The number of likely N-dealkylation sites (tertiary alicyclic amines) is 1. The number of carbonyl (C=O) groups is 2. The molecule has 2 amide bonds. The maximum Gasteiger partial charge on any atom is 0.277 e. The van der Waals surface area contributed by atoms with E-state index in [4.69, 9.17) is 15.1 Å². The van der Waals surface area contributed by atoms with Crippen LogP contribution in [0, 0.1) is 0 Å². The van der Waals surface area contributed by atoms with Crippen molar-refractivity contribution in [2.45, 2.75) is 30.5 Å². The molecule has 4 heterocycles. The fourth-order valence-electron chi connectivity index (χ4n) is 4.01. The molecule has 2 N–H and O–H groups in total. The maximum atomic E-state index is 12.7. The summed E-state index contributed by atoms with van der Waals surface area (Å²) in [5.74, 6) is -0.144. The van der Waals surface area contributed by atoms with Crippen LogP contribution in [-0.4, -0.2) is 50.2 Å². The molecule has 1 aliphatic rings. The van der Waals surface area contributed by atoms with E-state index in [9.17, 15) is 9.59 Å². The second-order valence-corrected chi connectivity index (χ2v) is 9.59. The monoisotopic (exact) mass is 479 g/mol. The van der Waals surface area contributed by atoms with Gasteiger partial charge < -0.3 is 15.1 Å². The van der Waals surface area contributed by atoms with Crippen molar-refractivity contribution in [1.29, 1.82) is 0 Å². The highest BCUT2D eigenvalue weighted by Gasteiger charge is 2.30. The standard InChI is InChI=1S/C23H21N5O3S2/c24-21(30)18-8-3-4-10-28(18)20(29)13-33-23-27-26-22(31-23)15-12-17(19-9-5-11-32-19)25-16-7-2-1-6-14(15)16/h1-2,5-7,9,11-12,18H,3-4,8,10,13H2,(H2,24,30)/t18-/m0/s1. The molecule has 10 heteroatoms. The Hall–Kier alpha value is -3.24. The SMILES string of the molecule is NC(=O)[C@@H]1CCCCN1C(=O)CSc1nnc(-c2cc(-c3cccs3)nc3ccccc23)o1. The highest BCUT2D eigenvalue weighted by atomic mass is 32.2. The molecule has 168 valence electrons. The van der Waals surface area contributed by atoms with E-state index in [0.29, 0.717) is 24.1 Å². The van der Waals surface area contributed by atoms with Gasteiger partial charge in [-0.25, -0.2) is 4.98 Å². The minimum atomic E-state index is -0.538. The number of thioether (sulfide) groups is 1. The summed E-state index contributed by atoms with van der Waals surface area (Å²) in [5.41, 5.74) is 7.94. The number of amides is 2. The molecule has 0 radical (unpaired) electrons. The molecule has 8 nitrogen and oxygen atoms in total. The number of nitrogens with zero attached hydrogens (tertiary/aromatic N) is 4. The first-order valence-electron chi connectivity index (χ1n) is 10.6. The number of pyridine rings is 1. The van der Waals surface area contributed by atoms with Crippen molar-refractivity contribution < 1.29 is 14.0 Å². The van der Waals surface area contributed by atoms with Crippen LogP contribution < -0.4 is 5.73 Å². The molecule has 4 aromatic rings. The fraction of sp³-hybridized carbons (Fsp3) is 0.261. The van der Waals surface area contributed by atoms with Gasteiger partial charge in [-0.3, -0.25) is 9.59 Å². The number of thiophene rings is 1. The number of fused-ring (bicyclic) bond motifs is 1. The minimum Gasteiger partial charge on any atom is -0.411 e. The number of hydrogen-bond donors (Lipinski definition) is 1. The van der Waals surface area contributed by atoms with Gasteiger partial charge in [0.05, 0.1) is 27.4 Å². The van der Waals surface area contributed by atoms with Crippen molar-refractivity contribution in [3.63, 3.8) is 0 Å². The quantitative estimate of drug-likeness (QED) is 0.416. The molecule has 33 heavy (non-hydrogen) atoms. The van der Waals surface area contributed by atoms with Gasteiger partial charge in [0.2, 0.25) is 17.7 Å². The molecule has 0 unspecified atom stereocenters. The number of carbonyl (C=O) groups excluding carboxylic acids is 2. The third-order valence-corrected chi connectivity index (χ3v) is 7.29. The summed E-state index contributed by atoms with van der Waals surface area (Å²) in [5, 5.41) is 11.6. The highest BCUT2D eigenvalue weighted by molar-refractivity contribution is 7.99. The van der Waals surface area contributed by atoms with E-state index in [1.165, 1.54) is 0 Å². The van der Waals surface area contributed by atoms with Crippen LogP contribution in [0.25, 0.3) is 32.9 Å². The Morgan fingerprint density at radius 1 is 1.18 bits per heavy atom. The van der Waals surface area contributed by atoms with Crippen molar-refractivity contribution in [3.05, 3.63) is 47.8 Å².